The van der Waals surface area contributed by atoms with E-state index in [9.17, 15) is 0 Å². The molecule has 0 saturated heterocycles. The molecule has 0 aliphatic carbocycles. The van der Waals surface area contributed by atoms with Crippen molar-refractivity contribution in [2.24, 2.45) is 5.84 Å². The van der Waals surface area contributed by atoms with E-state index < -0.39 is 0 Å². The lowest BCUT2D eigenvalue weighted by atomic mass is 10.0. The van der Waals surface area contributed by atoms with Crippen molar-refractivity contribution in [1.82, 2.24) is 5.43 Å². The minimum atomic E-state index is 0.232. The maximum absolute atomic E-state index is 5.37. The van der Waals surface area contributed by atoms with Gasteiger partial charge in [-0.2, -0.15) is 0 Å². The molecule has 0 fully saturated rings. The first-order valence-corrected chi connectivity index (χ1v) is 5.33. The van der Waals surface area contributed by atoms with Gasteiger partial charge in [-0.1, -0.05) is 37.6 Å². The number of benzene rings is 1. The Bertz CT molecular complexity index is 254. The number of nitrogens with two attached hydrogens (primary N) is 1. The predicted octanol–water partition coefficient (Wildman–Crippen LogP) is 2.55. The molecule has 3 N–H and O–H groups in total. The van der Waals surface area contributed by atoms with Crippen LogP contribution in [0, 0.1) is 0 Å². The second kappa shape index (κ2) is 5.78. The highest BCUT2D eigenvalue weighted by Crippen LogP contribution is 2.13. The Balaban J connectivity index is 2.59. The number of hydrogen-bond acceptors (Lipinski definition) is 2. The molecule has 0 amide bonds. The fourth-order valence-corrected chi connectivity index (χ4v) is 1.45. The molecule has 0 spiro atoms. The Hall–Kier alpha value is -0.860. The average molecular weight is 192 g/mol. The van der Waals surface area contributed by atoms with Crippen molar-refractivity contribution >= 4 is 0 Å². The topological polar surface area (TPSA) is 38.0 Å². The van der Waals surface area contributed by atoms with Crippen molar-refractivity contribution < 1.29 is 0 Å². The van der Waals surface area contributed by atoms with Crippen molar-refractivity contribution in [3.63, 3.8) is 0 Å². The summed E-state index contributed by atoms with van der Waals surface area (Å²) in [5.74, 6) is 5.37. The summed E-state index contributed by atoms with van der Waals surface area (Å²) in [7, 11) is 0. The zero-order chi connectivity index (χ0) is 10.4. The van der Waals surface area contributed by atoms with Crippen LogP contribution in [0.2, 0.25) is 0 Å². The van der Waals surface area contributed by atoms with Crippen molar-refractivity contribution in [3.05, 3.63) is 35.4 Å². The summed E-state index contributed by atoms with van der Waals surface area (Å²) in [5.41, 5.74) is 5.40. The fourth-order valence-electron chi connectivity index (χ4n) is 1.45. The van der Waals surface area contributed by atoms with E-state index in [0.29, 0.717) is 0 Å². The number of rotatable bonds is 5. The monoisotopic (exact) mass is 192 g/mol. The number of aryl methyl sites for hydroxylation is 1. The summed E-state index contributed by atoms with van der Waals surface area (Å²) < 4.78 is 0. The third-order valence-corrected chi connectivity index (χ3v) is 2.55. The van der Waals surface area contributed by atoms with Gasteiger partial charge >= 0.3 is 0 Å². The van der Waals surface area contributed by atoms with E-state index in [4.69, 9.17) is 5.84 Å². The van der Waals surface area contributed by atoms with Gasteiger partial charge in [-0.05, 0) is 30.9 Å². The molecular weight excluding hydrogens is 172 g/mol. The Morgan fingerprint density at radius 2 is 1.93 bits per heavy atom. The second-order valence-corrected chi connectivity index (χ2v) is 3.73. The van der Waals surface area contributed by atoms with E-state index in [-0.39, 0.29) is 6.04 Å². The normalized spacial score (nSPS) is 12.8. The van der Waals surface area contributed by atoms with Gasteiger partial charge in [0.25, 0.3) is 0 Å². The lowest BCUT2D eigenvalue weighted by molar-refractivity contribution is 0.602. The molecule has 1 unspecified atom stereocenters. The van der Waals surface area contributed by atoms with Crippen LogP contribution in [0.25, 0.3) is 0 Å². The van der Waals surface area contributed by atoms with Gasteiger partial charge in [-0.15, -0.1) is 0 Å². The van der Waals surface area contributed by atoms with Gasteiger partial charge in [0, 0.05) is 6.04 Å². The van der Waals surface area contributed by atoms with E-state index in [0.717, 1.165) is 0 Å². The molecule has 0 heterocycles. The summed E-state index contributed by atoms with van der Waals surface area (Å²) in [6.07, 6.45) is 3.70. The molecule has 0 saturated carbocycles. The Kier molecular flexibility index (Phi) is 4.63. The third kappa shape index (κ3) is 3.13. The smallest absolute Gasteiger partial charge is 0.0431 e. The zero-order valence-corrected chi connectivity index (χ0v) is 9.09. The fraction of sp³-hybridized carbons (Fsp3) is 0.500. The molecule has 0 aliphatic heterocycles. The van der Waals surface area contributed by atoms with Gasteiger partial charge in [0.2, 0.25) is 0 Å². The van der Waals surface area contributed by atoms with E-state index in [1.54, 1.807) is 0 Å². The number of hydrazine groups is 1. The van der Waals surface area contributed by atoms with Crippen molar-refractivity contribution in [2.75, 3.05) is 0 Å². The highest BCUT2D eigenvalue weighted by atomic mass is 15.2. The van der Waals surface area contributed by atoms with E-state index in [1.807, 2.05) is 0 Å². The summed E-state index contributed by atoms with van der Waals surface area (Å²) >= 11 is 0. The maximum atomic E-state index is 5.37. The summed E-state index contributed by atoms with van der Waals surface area (Å²) in [4.78, 5) is 0. The van der Waals surface area contributed by atoms with E-state index in [2.05, 4.69) is 43.5 Å². The van der Waals surface area contributed by atoms with Crippen LogP contribution in [0.15, 0.2) is 24.3 Å². The quantitative estimate of drug-likeness (QED) is 0.556. The molecular formula is C12H20N2. The van der Waals surface area contributed by atoms with Gasteiger partial charge in [-0.3, -0.25) is 11.3 Å². The molecule has 0 bridgehead atoms. The largest absolute Gasteiger partial charge is 0.271 e. The summed E-state index contributed by atoms with van der Waals surface area (Å²) in [6, 6.07) is 8.91. The van der Waals surface area contributed by atoms with Crippen LogP contribution in [0.1, 0.15) is 43.9 Å². The molecule has 0 radical (unpaired) electrons. The predicted molar refractivity (Wildman–Crippen MR) is 60.8 cm³/mol. The molecule has 0 aliphatic rings. The number of unbranched alkanes of at least 4 members (excludes halogenated alkanes) is 1. The van der Waals surface area contributed by atoms with Crippen LogP contribution in [-0.2, 0) is 6.42 Å². The molecule has 1 atom stereocenters. The Morgan fingerprint density at radius 3 is 2.43 bits per heavy atom. The number of nitrogens with one attached hydrogen (secondary N) is 1. The molecule has 2 nitrogen and oxygen atoms in total. The summed E-state index contributed by atoms with van der Waals surface area (Å²) in [5, 5.41) is 0. The van der Waals surface area contributed by atoms with E-state index in [1.165, 1.54) is 30.4 Å². The molecule has 0 aromatic heterocycles. The van der Waals surface area contributed by atoms with Crippen LogP contribution in [-0.4, -0.2) is 0 Å². The lowest BCUT2D eigenvalue weighted by Gasteiger charge is -2.10. The van der Waals surface area contributed by atoms with Crippen molar-refractivity contribution in [1.29, 1.82) is 0 Å². The first-order chi connectivity index (χ1) is 6.77. The number of hydrogen-bond donors (Lipinski definition) is 2. The average Bonchev–Trinajstić information content (AvgIpc) is 2.26. The molecule has 2 heteroatoms. The van der Waals surface area contributed by atoms with Gasteiger partial charge in [0.05, 0.1) is 0 Å². The van der Waals surface area contributed by atoms with Crippen LogP contribution in [0.3, 0.4) is 0 Å². The molecule has 1 aromatic carbocycles. The third-order valence-electron chi connectivity index (χ3n) is 2.55. The van der Waals surface area contributed by atoms with E-state index >= 15 is 0 Å². The van der Waals surface area contributed by atoms with Crippen molar-refractivity contribution in [3.8, 4) is 0 Å². The minimum absolute atomic E-state index is 0.232. The minimum Gasteiger partial charge on any atom is -0.271 e. The second-order valence-electron chi connectivity index (χ2n) is 3.73. The maximum Gasteiger partial charge on any atom is 0.0431 e. The molecule has 1 rings (SSSR count). The highest BCUT2D eigenvalue weighted by Gasteiger charge is 2.01. The SMILES string of the molecule is CCCCc1ccc(C(C)NN)cc1. The standard InChI is InChI=1S/C12H20N2/c1-3-4-5-11-6-8-12(9-7-11)10(2)14-13/h6-10,14H,3-5,13H2,1-2H3. The lowest BCUT2D eigenvalue weighted by Crippen LogP contribution is -2.25. The van der Waals surface area contributed by atoms with Gasteiger partial charge in [0.15, 0.2) is 0 Å². The van der Waals surface area contributed by atoms with Gasteiger partial charge in [0.1, 0.15) is 0 Å². The molecule has 14 heavy (non-hydrogen) atoms. The first kappa shape index (κ1) is 11.2. The van der Waals surface area contributed by atoms with Crippen molar-refractivity contribution in [2.45, 2.75) is 39.2 Å². The molecule has 78 valence electrons. The van der Waals surface area contributed by atoms with Crippen LogP contribution in [0.4, 0.5) is 0 Å². The van der Waals surface area contributed by atoms with Crippen LogP contribution in [0.5, 0.6) is 0 Å². The zero-order valence-electron chi connectivity index (χ0n) is 9.09. The first-order valence-electron chi connectivity index (χ1n) is 5.33. The van der Waals surface area contributed by atoms with Crippen LogP contribution < -0.4 is 11.3 Å². The Morgan fingerprint density at radius 1 is 1.29 bits per heavy atom. The summed E-state index contributed by atoms with van der Waals surface area (Å²) in [6.45, 7) is 4.27. The van der Waals surface area contributed by atoms with Gasteiger partial charge in [-0.25, -0.2) is 0 Å². The highest BCUT2D eigenvalue weighted by molar-refractivity contribution is 5.24. The Labute approximate surface area is 86.5 Å². The van der Waals surface area contributed by atoms with Gasteiger partial charge < -0.3 is 0 Å². The van der Waals surface area contributed by atoms with Crippen LogP contribution >= 0.6 is 0 Å². The molecule has 1 aromatic rings.